The van der Waals surface area contributed by atoms with Crippen LogP contribution in [0.2, 0.25) is 10.0 Å². The van der Waals surface area contributed by atoms with Crippen LogP contribution in [-0.2, 0) is 26.2 Å². The van der Waals surface area contributed by atoms with Crippen LogP contribution in [0.3, 0.4) is 0 Å². The number of methoxy groups -OCH3 is 1. The molecule has 0 heterocycles. The second-order valence-corrected chi connectivity index (χ2v) is 13.0. The summed E-state index contributed by atoms with van der Waals surface area (Å²) in [6.45, 7) is 7.57. The van der Waals surface area contributed by atoms with Crippen molar-refractivity contribution in [3.8, 4) is 5.75 Å². The minimum Gasteiger partial charge on any atom is -0.497 e. The number of ether oxygens (including phenoxy) is 1. The fraction of sp³-hybridized carbons (Fsp3) is 0.355. The highest BCUT2D eigenvalue weighted by Gasteiger charge is 2.33. The van der Waals surface area contributed by atoms with Crippen LogP contribution >= 0.6 is 23.2 Å². The predicted octanol–water partition coefficient (Wildman–Crippen LogP) is 6.09. The smallest absolute Gasteiger partial charge is 0.264 e. The van der Waals surface area contributed by atoms with Gasteiger partial charge in [-0.1, -0.05) is 67.7 Å². The van der Waals surface area contributed by atoms with Gasteiger partial charge in [0.15, 0.2) is 0 Å². The van der Waals surface area contributed by atoms with E-state index in [4.69, 9.17) is 27.9 Å². The Bertz CT molecular complexity index is 1480. The van der Waals surface area contributed by atoms with Crippen LogP contribution < -0.4 is 14.4 Å². The molecular formula is C31H37Cl2N3O5S. The van der Waals surface area contributed by atoms with Gasteiger partial charge in [0.2, 0.25) is 11.8 Å². The van der Waals surface area contributed by atoms with Gasteiger partial charge in [-0.15, -0.1) is 0 Å². The second kappa shape index (κ2) is 14.8. The first kappa shape index (κ1) is 33.2. The summed E-state index contributed by atoms with van der Waals surface area (Å²) in [5, 5.41) is 3.57. The van der Waals surface area contributed by atoms with Crippen molar-refractivity contribution < 1.29 is 22.7 Å². The monoisotopic (exact) mass is 633 g/mol. The number of rotatable bonds is 13. The lowest BCUT2D eigenvalue weighted by molar-refractivity contribution is -0.140. The summed E-state index contributed by atoms with van der Waals surface area (Å²) in [5.41, 5.74) is 1.89. The summed E-state index contributed by atoms with van der Waals surface area (Å²) in [6.07, 6.45) is 0.312. The van der Waals surface area contributed by atoms with Crippen LogP contribution in [0.5, 0.6) is 5.75 Å². The third kappa shape index (κ3) is 8.40. The van der Waals surface area contributed by atoms with Crippen molar-refractivity contribution in [3.63, 3.8) is 0 Å². The molecule has 2 amide bonds. The van der Waals surface area contributed by atoms with Crippen molar-refractivity contribution in [3.05, 3.63) is 87.9 Å². The van der Waals surface area contributed by atoms with Crippen molar-refractivity contribution in [2.45, 2.75) is 51.6 Å². The van der Waals surface area contributed by atoms with Gasteiger partial charge >= 0.3 is 0 Å². The van der Waals surface area contributed by atoms with Crippen molar-refractivity contribution in [1.82, 2.24) is 10.2 Å². The highest BCUT2D eigenvalue weighted by molar-refractivity contribution is 7.92. The van der Waals surface area contributed by atoms with Gasteiger partial charge in [0.05, 0.1) is 27.7 Å². The maximum absolute atomic E-state index is 14.1. The molecule has 1 atom stereocenters. The molecule has 0 spiro atoms. The molecule has 42 heavy (non-hydrogen) atoms. The molecular weight excluding hydrogens is 597 g/mol. The number of carbonyl (C=O) groups excluding carboxylic acids is 2. The van der Waals surface area contributed by atoms with Gasteiger partial charge in [-0.3, -0.25) is 13.9 Å². The largest absolute Gasteiger partial charge is 0.497 e. The summed E-state index contributed by atoms with van der Waals surface area (Å²) in [4.78, 5) is 28.8. The summed E-state index contributed by atoms with van der Waals surface area (Å²) in [5.74, 6) is -0.167. The number of hydrogen-bond donors (Lipinski definition) is 1. The van der Waals surface area contributed by atoms with Gasteiger partial charge < -0.3 is 15.0 Å². The van der Waals surface area contributed by atoms with Gasteiger partial charge in [0, 0.05) is 13.1 Å². The predicted molar refractivity (Wildman–Crippen MR) is 168 cm³/mol. The summed E-state index contributed by atoms with van der Waals surface area (Å²) >= 11 is 12.4. The molecule has 0 saturated carbocycles. The van der Waals surface area contributed by atoms with Crippen molar-refractivity contribution >= 4 is 50.7 Å². The number of carbonyl (C=O) groups is 2. The van der Waals surface area contributed by atoms with E-state index in [0.29, 0.717) is 40.0 Å². The molecule has 0 fully saturated rings. The average molecular weight is 635 g/mol. The zero-order valence-electron chi connectivity index (χ0n) is 24.4. The lowest BCUT2D eigenvalue weighted by Crippen LogP contribution is -2.52. The first-order valence-corrected chi connectivity index (χ1v) is 15.8. The lowest BCUT2D eigenvalue weighted by Gasteiger charge is -2.33. The van der Waals surface area contributed by atoms with Crippen LogP contribution in [0.1, 0.15) is 38.3 Å². The molecule has 0 aliphatic rings. The number of aryl methyl sites for hydroxylation is 1. The molecule has 226 valence electrons. The van der Waals surface area contributed by atoms with E-state index < -0.39 is 28.5 Å². The molecule has 0 aliphatic heterocycles. The Morgan fingerprint density at radius 1 is 0.952 bits per heavy atom. The van der Waals surface area contributed by atoms with Crippen molar-refractivity contribution in [2.75, 3.05) is 24.5 Å². The molecule has 1 N–H and O–H groups in total. The summed E-state index contributed by atoms with van der Waals surface area (Å²) < 4.78 is 34.2. The fourth-order valence-corrected chi connectivity index (χ4v) is 6.03. The molecule has 3 aromatic rings. The van der Waals surface area contributed by atoms with Crippen LogP contribution in [0, 0.1) is 12.8 Å². The van der Waals surface area contributed by atoms with Gasteiger partial charge in [0.1, 0.15) is 18.3 Å². The SMILES string of the molecule is CCC(C(=O)NCC(C)C)N(Cc1ccc(Cl)c(Cl)c1)C(=O)CN(c1ccc(C)cc1)S(=O)(=O)c1ccc(OC)cc1. The molecule has 0 saturated heterocycles. The van der Waals surface area contributed by atoms with Crippen LogP contribution in [0.25, 0.3) is 0 Å². The summed E-state index contributed by atoms with van der Waals surface area (Å²) in [7, 11) is -2.70. The average Bonchev–Trinajstić information content (AvgIpc) is 2.96. The topological polar surface area (TPSA) is 96.0 Å². The maximum Gasteiger partial charge on any atom is 0.264 e. The van der Waals surface area contributed by atoms with E-state index >= 15 is 0 Å². The molecule has 0 radical (unpaired) electrons. The molecule has 1 unspecified atom stereocenters. The summed E-state index contributed by atoms with van der Waals surface area (Å²) in [6, 6.07) is 16.9. The minimum atomic E-state index is -4.19. The number of nitrogens with zero attached hydrogens (tertiary/aromatic N) is 2. The normalized spacial score (nSPS) is 12.1. The Kier molecular flexibility index (Phi) is 11.7. The number of benzene rings is 3. The van der Waals surface area contributed by atoms with Crippen molar-refractivity contribution in [1.29, 1.82) is 0 Å². The fourth-order valence-electron chi connectivity index (χ4n) is 4.29. The quantitative estimate of drug-likeness (QED) is 0.246. The number of anilines is 1. The molecule has 11 heteroatoms. The standard InChI is InChI=1S/C31H37Cl2N3O5S/c1-6-29(31(38)34-18-21(2)3)35(19-23-9-16-27(32)28(33)17-23)30(37)20-36(24-10-7-22(4)8-11-24)42(39,40)26-14-12-25(41-5)13-15-26/h7-17,21,29H,6,18-20H2,1-5H3,(H,34,38). The molecule has 0 aromatic heterocycles. The number of amides is 2. The zero-order valence-corrected chi connectivity index (χ0v) is 26.8. The van der Waals surface area contributed by atoms with Crippen LogP contribution in [0.15, 0.2) is 71.6 Å². The second-order valence-electron chi connectivity index (χ2n) is 10.4. The van der Waals surface area contributed by atoms with Crippen molar-refractivity contribution in [2.24, 2.45) is 5.92 Å². The number of hydrogen-bond acceptors (Lipinski definition) is 5. The first-order valence-electron chi connectivity index (χ1n) is 13.6. The minimum absolute atomic E-state index is 0.00516. The molecule has 3 rings (SSSR count). The highest BCUT2D eigenvalue weighted by Crippen LogP contribution is 2.27. The molecule has 8 nitrogen and oxygen atoms in total. The highest BCUT2D eigenvalue weighted by atomic mass is 35.5. The van der Waals surface area contributed by atoms with Gasteiger partial charge in [0.25, 0.3) is 10.0 Å². The molecule has 0 bridgehead atoms. The van der Waals surface area contributed by atoms with Crippen LogP contribution in [0.4, 0.5) is 5.69 Å². The Hall–Kier alpha value is -3.27. The molecule has 0 aliphatic carbocycles. The Labute approximate surface area is 258 Å². The number of sulfonamides is 1. The Morgan fingerprint density at radius 3 is 2.14 bits per heavy atom. The number of halogens is 2. The van der Waals surface area contributed by atoms with E-state index in [9.17, 15) is 18.0 Å². The van der Waals surface area contributed by atoms with E-state index in [2.05, 4.69) is 5.32 Å². The van der Waals surface area contributed by atoms with Gasteiger partial charge in [-0.25, -0.2) is 8.42 Å². The zero-order chi connectivity index (χ0) is 31.0. The van der Waals surface area contributed by atoms with Gasteiger partial charge in [-0.05, 0) is 73.4 Å². The first-order chi connectivity index (χ1) is 19.9. The van der Waals surface area contributed by atoms with E-state index in [1.165, 1.54) is 24.1 Å². The van der Waals surface area contributed by atoms with E-state index in [0.717, 1.165) is 9.87 Å². The van der Waals surface area contributed by atoms with Gasteiger partial charge in [-0.2, -0.15) is 0 Å². The lowest BCUT2D eigenvalue weighted by atomic mass is 10.1. The van der Waals surface area contributed by atoms with Crippen LogP contribution in [-0.4, -0.2) is 51.4 Å². The Morgan fingerprint density at radius 2 is 1.60 bits per heavy atom. The third-order valence-corrected chi connectivity index (χ3v) is 9.18. The van der Waals surface area contributed by atoms with E-state index in [1.807, 2.05) is 20.8 Å². The van der Waals surface area contributed by atoms with E-state index in [-0.39, 0.29) is 23.3 Å². The Balaban J connectivity index is 2.06. The number of nitrogens with one attached hydrogen (secondary N) is 1. The van der Waals surface area contributed by atoms with E-state index in [1.54, 1.807) is 61.5 Å². The molecule has 3 aromatic carbocycles. The third-order valence-electron chi connectivity index (χ3n) is 6.66. The maximum atomic E-state index is 14.1.